The molecule has 1 aromatic carbocycles. The maximum atomic E-state index is 12.9. The average Bonchev–Trinajstić information content (AvgIpc) is 2.79. The molecule has 0 bridgehead atoms. The summed E-state index contributed by atoms with van der Waals surface area (Å²) in [7, 11) is -3.42. The Labute approximate surface area is 181 Å². The van der Waals surface area contributed by atoms with Gasteiger partial charge in [0.1, 0.15) is 4.90 Å². The van der Waals surface area contributed by atoms with E-state index in [9.17, 15) is 8.42 Å². The second-order valence-electron chi connectivity index (χ2n) is 8.70. The number of piperidine rings is 1. The Morgan fingerprint density at radius 3 is 2.53 bits per heavy atom. The zero-order valence-corrected chi connectivity index (χ0v) is 18.7. The number of hydrogen-bond acceptors (Lipinski definition) is 4. The van der Waals surface area contributed by atoms with Crippen LogP contribution in [-0.4, -0.2) is 54.8 Å². The van der Waals surface area contributed by atoms with Crippen molar-refractivity contribution in [2.75, 3.05) is 26.2 Å². The summed E-state index contributed by atoms with van der Waals surface area (Å²) in [5.74, 6) is 0.564. The lowest BCUT2D eigenvalue weighted by Crippen LogP contribution is -2.45. The first-order valence-electron chi connectivity index (χ1n) is 11.3. The zero-order valence-electron chi connectivity index (χ0n) is 17.9. The van der Waals surface area contributed by atoms with Crippen molar-refractivity contribution < 1.29 is 8.42 Å². The van der Waals surface area contributed by atoms with Crippen LogP contribution in [0.3, 0.4) is 0 Å². The summed E-state index contributed by atoms with van der Waals surface area (Å²) < 4.78 is 27.4. The number of fused-ring (bicyclic) bond motifs is 1. The molecule has 1 unspecified atom stereocenters. The first-order valence-corrected chi connectivity index (χ1v) is 12.7. The molecule has 4 rings (SSSR count). The van der Waals surface area contributed by atoms with Crippen molar-refractivity contribution in [2.45, 2.75) is 56.4 Å². The fourth-order valence-corrected chi connectivity index (χ4v) is 6.45. The van der Waals surface area contributed by atoms with E-state index >= 15 is 0 Å². The maximum Gasteiger partial charge on any atom is 0.244 e. The summed E-state index contributed by atoms with van der Waals surface area (Å²) in [5.41, 5.74) is 3.02. The smallest absolute Gasteiger partial charge is 0.244 e. The van der Waals surface area contributed by atoms with Crippen molar-refractivity contribution in [3.8, 4) is 0 Å². The largest absolute Gasteiger partial charge is 0.300 e. The molecule has 1 aromatic heterocycles. The molecule has 1 fully saturated rings. The minimum atomic E-state index is -3.42. The van der Waals surface area contributed by atoms with E-state index in [4.69, 9.17) is 0 Å². The van der Waals surface area contributed by atoms with Gasteiger partial charge < -0.3 is 0 Å². The number of pyridine rings is 1. The van der Waals surface area contributed by atoms with Crippen molar-refractivity contribution in [3.05, 3.63) is 59.9 Å². The molecule has 2 aliphatic rings. The van der Waals surface area contributed by atoms with E-state index in [1.54, 1.807) is 22.6 Å². The Bertz CT molecular complexity index is 924. The fraction of sp³-hybridized carbons (Fsp3) is 0.542. The Balaban J connectivity index is 1.36. The summed E-state index contributed by atoms with van der Waals surface area (Å²) in [6, 6.07) is 12.8. The second kappa shape index (κ2) is 9.58. The lowest BCUT2D eigenvalue weighted by Gasteiger charge is -2.39. The van der Waals surface area contributed by atoms with Crippen LogP contribution >= 0.6 is 0 Å². The molecule has 0 saturated carbocycles. The van der Waals surface area contributed by atoms with Gasteiger partial charge in [0.05, 0.1) is 0 Å². The first kappa shape index (κ1) is 21.5. The average molecular weight is 428 g/mol. The number of aromatic nitrogens is 1. The molecule has 1 atom stereocenters. The van der Waals surface area contributed by atoms with Gasteiger partial charge in [-0.3, -0.25) is 9.88 Å². The van der Waals surface area contributed by atoms with Crippen molar-refractivity contribution in [1.82, 2.24) is 14.2 Å². The third-order valence-corrected chi connectivity index (χ3v) is 8.57. The minimum absolute atomic E-state index is 0.303. The lowest BCUT2D eigenvalue weighted by molar-refractivity contribution is 0.129. The third-order valence-electron chi connectivity index (χ3n) is 6.69. The third kappa shape index (κ3) is 4.76. The lowest BCUT2D eigenvalue weighted by atomic mass is 9.86. The number of sulfonamides is 1. The van der Waals surface area contributed by atoms with E-state index in [1.165, 1.54) is 30.2 Å². The van der Waals surface area contributed by atoms with Gasteiger partial charge in [-0.1, -0.05) is 31.2 Å². The highest BCUT2D eigenvalue weighted by atomic mass is 32.2. The van der Waals surface area contributed by atoms with Gasteiger partial charge in [-0.25, -0.2) is 8.42 Å². The molecule has 162 valence electrons. The molecule has 2 heterocycles. The summed E-state index contributed by atoms with van der Waals surface area (Å²) >= 11 is 0. The highest BCUT2D eigenvalue weighted by Crippen LogP contribution is 2.28. The van der Waals surface area contributed by atoms with Crippen LogP contribution in [0.4, 0.5) is 0 Å². The van der Waals surface area contributed by atoms with Gasteiger partial charge in [0, 0.05) is 38.1 Å². The molecule has 6 heteroatoms. The van der Waals surface area contributed by atoms with E-state index < -0.39 is 10.0 Å². The zero-order chi connectivity index (χ0) is 21.0. The fourth-order valence-electron chi connectivity index (χ4n) is 5.01. The van der Waals surface area contributed by atoms with E-state index in [0.29, 0.717) is 29.9 Å². The van der Waals surface area contributed by atoms with Gasteiger partial charge in [0.2, 0.25) is 10.0 Å². The van der Waals surface area contributed by atoms with Crippen LogP contribution in [0.25, 0.3) is 0 Å². The molecule has 0 radical (unpaired) electrons. The van der Waals surface area contributed by atoms with Crippen molar-refractivity contribution >= 4 is 10.0 Å². The van der Waals surface area contributed by atoms with E-state index in [-0.39, 0.29) is 0 Å². The summed E-state index contributed by atoms with van der Waals surface area (Å²) in [6.07, 6.45) is 9.62. The Kier molecular flexibility index (Phi) is 6.86. The molecule has 1 aliphatic carbocycles. The monoisotopic (exact) mass is 427 g/mol. The Morgan fingerprint density at radius 1 is 1.07 bits per heavy atom. The summed E-state index contributed by atoms with van der Waals surface area (Å²) in [4.78, 5) is 6.96. The van der Waals surface area contributed by atoms with E-state index in [0.717, 1.165) is 38.8 Å². The number of benzene rings is 1. The van der Waals surface area contributed by atoms with Gasteiger partial charge in [0.25, 0.3) is 0 Å². The minimum Gasteiger partial charge on any atom is -0.300 e. The van der Waals surface area contributed by atoms with Crippen LogP contribution in [0.5, 0.6) is 0 Å². The number of rotatable bonds is 7. The van der Waals surface area contributed by atoms with Gasteiger partial charge >= 0.3 is 0 Å². The maximum absolute atomic E-state index is 12.9. The highest BCUT2D eigenvalue weighted by molar-refractivity contribution is 7.89. The molecule has 1 saturated heterocycles. The number of nitrogens with zero attached hydrogens (tertiary/aromatic N) is 3. The summed E-state index contributed by atoms with van der Waals surface area (Å²) in [5, 5.41) is 0. The quantitative estimate of drug-likeness (QED) is 0.675. The molecule has 2 aromatic rings. The van der Waals surface area contributed by atoms with E-state index in [1.807, 2.05) is 0 Å². The molecule has 0 amide bonds. The van der Waals surface area contributed by atoms with Crippen molar-refractivity contribution in [3.63, 3.8) is 0 Å². The second-order valence-corrected chi connectivity index (χ2v) is 10.6. The highest BCUT2D eigenvalue weighted by Gasteiger charge is 2.32. The normalized spacial score (nSPS) is 20.9. The van der Waals surface area contributed by atoms with Crippen LogP contribution < -0.4 is 0 Å². The number of aryl methyl sites for hydroxylation is 1. The molecule has 0 spiro atoms. The predicted molar refractivity (Wildman–Crippen MR) is 120 cm³/mol. The van der Waals surface area contributed by atoms with Crippen LogP contribution in [0.15, 0.2) is 53.7 Å². The molecule has 5 nitrogen and oxygen atoms in total. The van der Waals surface area contributed by atoms with Crippen LogP contribution in [0.1, 0.15) is 43.7 Å². The van der Waals surface area contributed by atoms with Gasteiger partial charge in [-0.2, -0.15) is 4.31 Å². The van der Waals surface area contributed by atoms with Crippen molar-refractivity contribution in [2.24, 2.45) is 5.92 Å². The number of hydrogen-bond donors (Lipinski definition) is 0. The van der Waals surface area contributed by atoms with Crippen LogP contribution in [0, 0.1) is 5.92 Å². The van der Waals surface area contributed by atoms with Gasteiger partial charge in [-0.15, -0.1) is 0 Å². The van der Waals surface area contributed by atoms with Crippen LogP contribution in [-0.2, 0) is 22.9 Å². The predicted octanol–water partition coefficient (Wildman–Crippen LogP) is 3.75. The Hall–Kier alpha value is -1.76. The standard InChI is InChI=1S/C24H33N3O2S/c1-2-14-26(23-10-9-21-6-3-4-7-22(21)17-23)19-20-11-15-27(16-12-20)30(28,29)24-8-5-13-25-18-24/h3-8,13,18,20,23H,2,9-12,14-17,19H2,1H3. The van der Waals surface area contributed by atoms with Gasteiger partial charge in [-0.05, 0) is 74.2 Å². The molecular weight excluding hydrogens is 394 g/mol. The summed E-state index contributed by atoms with van der Waals surface area (Å²) in [6.45, 7) is 5.68. The van der Waals surface area contributed by atoms with Gasteiger partial charge in [0.15, 0.2) is 0 Å². The first-order chi connectivity index (χ1) is 14.6. The van der Waals surface area contributed by atoms with E-state index in [2.05, 4.69) is 41.1 Å². The van der Waals surface area contributed by atoms with Crippen molar-refractivity contribution in [1.29, 1.82) is 0 Å². The van der Waals surface area contributed by atoms with Crippen LogP contribution in [0.2, 0.25) is 0 Å². The molecular formula is C24H33N3O2S. The SMILES string of the molecule is CCCN(CC1CCN(S(=O)(=O)c2cccnc2)CC1)C1CCc2ccccc2C1. The Morgan fingerprint density at radius 2 is 1.83 bits per heavy atom. The topological polar surface area (TPSA) is 53.5 Å². The molecule has 0 N–H and O–H groups in total. The molecule has 30 heavy (non-hydrogen) atoms. The molecule has 1 aliphatic heterocycles.